The van der Waals surface area contributed by atoms with E-state index in [9.17, 15) is 0 Å². The zero-order valence-corrected chi connectivity index (χ0v) is 33.2. The molecule has 2 aliphatic carbocycles. The van der Waals surface area contributed by atoms with Crippen LogP contribution in [-0.2, 0) is 5.41 Å². The van der Waals surface area contributed by atoms with Gasteiger partial charge in [0.2, 0.25) is 0 Å². The van der Waals surface area contributed by atoms with Crippen LogP contribution in [0, 0.1) is 0 Å². The van der Waals surface area contributed by atoms with Gasteiger partial charge in [0.25, 0.3) is 0 Å². The van der Waals surface area contributed by atoms with E-state index in [0.29, 0.717) is 0 Å². The molecule has 0 saturated heterocycles. The van der Waals surface area contributed by atoms with E-state index in [1.807, 2.05) is 0 Å². The number of furan rings is 1. The van der Waals surface area contributed by atoms with Gasteiger partial charge in [-0.25, -0.2) is 0 Å². The molecular formula is C59H37NO. The third-order valence-electron chi connectivity index (χ3n) is 13.3. The van der Waals surface area contributed by atoms with E-state index in [-0.39, 0.29) is 0 Å². The molecule has 1 aromatic heterocycles. The highest BCUT2D eigenvalue weighted by Gasteiger charge is 2.51. The molecule has 2 heteroatoms. The fraction of sp³-hybridized carbons (Fsp3) is 0.0169. The maximum Gasteiger partial charge on any atom is 0.143 e. The van der Waals surface area contributed by atoms with Crippen molar-refractivity contribution in [3.05, 3.63) is 247 Å². The van der Waals surface area contributed by atoms with Crippen LogP contribution in [-0.4, -0.2) is 0 Å². The summed E-state index contributed by atoms with van der Waals surface area (Å²) in [5, 5.41) is 5.89. The number of hydrogen-bond acceptors (Lipinski definition) is 2. The first-order valence-corrected chi connectivity index (χ1v) is 21.1. The minimum absolute atomic E-state index is 0.426. The van der Waals surface area contributed by atoms with Crippen molar-refractivity contribution in [2.75, 3.05) is 4.90 Å². The van der Waals surface area contributed by atoms with Crippen molar-refractivity contribution in [2.45, 2.75) is 5.41 Å². The SMILES string of the molecule is c1ccc(-c2c(-c3ccc(N(c4ccccc4)c4ccc5c(c4)C4(c6ccccc6-c6ccccc64)c4ccccc4-5)cc3)oc3c4ccccc4c4ccccc4c23)cc1. The number of benzene rings is 10. The van der Waals surface area contributed by atoms with Crippen molar-refractivity contribution in [3.8, 4) is 44.7 Å². The van der Waals surface area contributed by atoms with Gasteiger partial charge in [-0.3, -0.25) is 0 Å². The van der Waals surface area contributed by atoms with Crippen molar-refractivity contribution in [1.82, 2.24) is 0 Å². The topological polar surface area (TPSA) is 16.4 Å². The number of hydrogen-bond donors (Lipinski definition) is 0. The van der Waals surface area contributed by atoms with Gasteiger partial charge in [-0.1, -0.05) is 176 Å². The molecule has 0 saturated carbocycles. The quantitative estimate of drug-likeness (QED) is 0.162. The molecule has 1 spiro atoms. The maximum atomic E-state index is 7.11. The van der Waals surface area contributed by atoms with Gasteiger partial charge in [-0.05, 0) is 115 Å². The molecule has 2 nitrogen and oxygen atoms in total. The lowest BCUT2D eigenvalue weighted by atomic mass is 9.70. The average Bonchev–Trinajstić information content (AvgIpc) is 3.98. The number of anilines is 3. The lowest BCUT2D eigenvalue weighted by Crippen LogP contribution is -2.26. The first kappa shape index (κ1) is 34.0. The summed E-state index contributed by atoms with van der Waals surface area (Å²) >= 11 is 0. The first-order chi connectivity index (χ1) is 30.3. The summed E-state index contributed by atoms with van der Waals surface area (Å²) in [6.45, 7) is 0. The molecule has 10 aromatic carbocycles. The molecule has 0 radical (unpaired) electrons. The Morgan fingerprint density at radius 1 is 0.328 bits per heavy atom. The van der Waals surface area contributed by atoms with Gasteiger partial charge in [0.1, 0.15) is 11.3 Å². The molecule has 13 rings (SSSR count). The highest BCUT2D eigenvalue weighted by Crippen LogP contribution is 2.63. The van der Waals surface area contributed by atoms with Crippen LogP contribution < -0.4 is 4.90 Å². The van der Waals surface area contributed by atoms with Gasteiger partial charge in [0.05, 0.1) is 5.41 Å². The summed E-state index contributed by atoms with van der Waals surface area (Å²) in [5.41, 5.74) is 17.6. The minimum Gasteiger partial charge on any atom is -0.455 e. The highest BCUT2D eigenvalue weighted by molar-refractivity contribution is 6.28. The van der Waals surface area contributed by atoms with Gasteiger partial charge in [-0.2, -0.15) is 0 Å². The molecule has 284 valence electrons. The van der Waals surface area contributed by atoms with E-state index in [1.165, 1.54) is 60.7 Å². The van der Waals surface area contributed by atoms with Gasteiger partial charge < -0.3 is 9.32 Å². The van der Waals surface area contributed by atoms with Crippen LogP contribution >= 0.6 is 0 Å². The summed E-state index contributed by atoms with van der Waals surface area (Å²) in [5.74, 6) is 0.872. The Hall–Kier alpha value is -7.94. The zero-order chi connectivity index (χ0) is 40.1. The number of rotatable bonds is 5. The van der Waals surface area contributed by atoms with Crippen molar-refractivity contribution in [3.63, 3.8) is 0 Å². The molecular weight excluding hydrogens is 739 g/mol. The standard InChI is InChI=1S/C59H37NO/c1-3-17-38(18-4-1)55-56-49-26-9-7-21-43(49)44-22-8-10-27-50(44)58(56)61-57(55)39-31-33-41(34-32-39)60(40-19-5-2-6-20-40)42-35-36-48-47-25-13-16-30-53(47)59(54(48)37-42)51-28-14-11-23-45(51)46-24-12-15-29-52(46)59/h1-37H. The number of fused-ring (bicyclic) bond motifs is 16. The van der Waals surface area contributed by atoms with E-state index < -0.39 is 5.41 Å². The predicted octanol–water partition coefficient (Wildman–Crippen LogP) is 15.9. The molecule has 0 fully saturated rings. The summed E-state index contributed by atoms with van der Waals surface area (Å²) in [7, 11) is 0. The molecule has 2 aliphatic rings. The van der Waals surface area contributed by atoms with Crippen LogP contribution in [0.3, 0.4) is 0 Å². The Labute approximate surface area is 354 Å². The van der Waals surface area contributed by atoms with E-state index in [2.05, 4.69) is 229 Å². The first-order valence-electron chi connectivity index (χ1n) is 21.1. The third-order valence-corrected chi connectivity index (χ3v) is 13.3. The molecule has 0 aliphatic heterocycles. The average molecular weight is 776 g/mol. The van der Waals surface area contributed by atoms with Crippen LogP contribution in [0.25, 0.3) is 77.2 Å². The van der Waals surface area contributed by atoms with Crippen LogP contribution in [0.4, 0.5) is 17.1 Å². The highest BCUT2D eigenvalue weighted by atomic mass is 16.3. The van der Waals surface area contributed by atoms with E-state index >= 15 is 0 Å². The largest absolute Gasteiger partial charge is 0.455 e. The Balaban J connectivity index is 1.01. The maximum absolute atomic E-state index is 7.11. The second kappa shape index (κ2) is 13.0. The second-order valence-electron chi connectivity index (χ2n) is 16.3. The van der Waals surface area contributed by atoms with Crippen LogP contribution in [0.1, 0.15) is 22.3 Å². The van der Waals surface area contributed by atoms with E-state index in [1.54, 1.807) is 0 Å². The van der Waals surface area contributed by atoms with E-state index in [4.69, 9.17) is 4.42 Å². The molecule has 0 unspecified atom stereocenters. The molecule has 11 aromatic rings. The Morgan fingerprint density at radius 3 is 1.41 bits per heavy atom. The summed E-state index contributed by atoms with van der Waals surface area (Å²) in [6.07, 6.45) is 0. The van der Waals surface area contributed by atoms with Gasteiger partial charge in [0, 0.05) is 39.0 Å². The van der Waals surface area contributed by atoms with Crippen LogP contribution in [0.2, 0.25) is 0 Å². The van der Waals surface area contributed by atoms with Crippen molar-refractivity contribution < 1.29 is 4.42 Å². The molecule has 0 bridgehead atoms. The number of para-hydroxylation sites is 1. The van der Waals surface area contributed by atoms with Gasteiger partial charge >= 0.3 is 0 Å². The van der Waals surface area contributed by atoms with Gasteiger partial charge in [0.15, 0.2) is 0 Å². The molecule has 0 atom stereocenters. The molecule has 61 heavy (non-hydrogen) atoms. The molecule has 1 heterocycles. The Morgan fingerprint density at radius 2 is 0.787 bits per heavy atom. The van der Waals surface area contributed by atoms with Crippen molar-refractivity contribution in [2.24, 2.45) is 0 Å². The fourth-order valence-corrected chi connectivity index (χ4v) is 10.8. The lowest BCUT2D eigenvalue weighted by Gasteiger charge is -2.32. The van der Waals surface area contributed by atoms with Crippen LogP contribution in [0.15, 0.2) is 229 Å². The fourth-order valence-electron chi connectivity index (χ4n) is 10.8. The van der Waals surface area contributed by atoms with Crippen molar-refractivity contribution in [1.29, 1.82) is 0 Å². The summed E-state index contributed by atoms with van der Waals surface area (Å²) < 4.78 is 7.11. The second-order valence-corrected chi connectivity index (χ2v) is 16.3. The predicted molar refractivity (Wildman–Crippen MR) is 253 cm³/mol. The lowest BCUT2D eigenvalue weighted by molar-refractivity contribution is 0.636. The molecule has 0 N–H and O–H groups in total. The molecule has 0 amide bonds. The Bertz CT molecular complexity index is 3460. The monoisotopic (exact) mass is 775 g/mol. The normalized spacial score (nSPS) is 13.0. The zero-order valence-electron chi connectivity index (χ0n) is 33.2. The third kappa shape index (κ3) is 4.73. The Kier molecular flexibility index (Phi) is 7.26. The smallest absolute Gasteiger partial charge is 0.143 e. The van der Waals surface area contributed by atoms with E-state index in [0.717, 1.165) is 55.9 Å². The number of nitrogens with zero attached hydrogens (tertiary/aromatic N) is 1. The minimum atomic E-state index is -0.426. The summed E-state index contributed by atoms with van der Waals surface area (Å²) in [4.78, 5) is 2.39. The van der Waals surface area contributed by atoms with Crippen LogP contribution in [0.5, 0.6) is 0 Å². The van der Waals surface area contributed by atoms with Crippen molar-refractivity contribution >= 4 is 49.6 Å². The van der Waals surface area contributed by atoms with Gasteiger partial charge in [-0.15, -0.1) is 0 Å². The summed E-state index contributed by atoms with van der Waals surface area (Å²) in [6, 6.07) is 81.9.